The summed E-state index contributed by atoms with van der Waals surface area (Å²) >= 11 is 0. The molecule has 1 atom stereocenters. The van der Waals surface area contributed by atoms with Crippen molar-refractivity contribution in [1.82, 2.24) is 0 Å². The van der Waals surface area contributed by atoms with Crippen molar-refractivity contribution in [2.75, 3.05) is 13.2 Å². The number of hydrogen-bond donors (Lipinski definition) is 1. The van der Waals surface area contributed by atoms with Crippen LogP contribution in [0.4, 0.5) is 8.78 Å². The first-order chi connectivity index (χ1) is 8.65. The Morgan fingerprint density at radius 2 is 1.78 bits per heavy atom. The zero-order valence-electron chi connectivity index (χ0n) is 9.94. The first-order valence-corrected chi connectivity index (χ1v) is 6.02. The number of ether oxygens (including phenoxy) is 2. The van der Waals surface area contributed by atoms with Gasteiger partial charge in [0.05, 0.1) is 19.3 Å². The molecule has 0 aliphatic carbocycles. The zero-order valence-corrected chi connectivity index (χ0v) is 9.94. The molecule has 18 heavy (non-hydrogen) atoms. The Morgan fingerprint density at radius 1 is 1.17 bits per heavy atom. The largest absolute Gasteiger partial charge is 0.388 e. The van der Waals surface area contributed by atoms with Crippen molar-refractivity contribution >= 4 is 0 Å². The second-order valence-corrected chi connectivity index (χ2v) is 4.32. The van der Waals surface area contributed by atoms with Crippen molar-refractivity contribution in [3.63, 3.8) is 0 Å². The normalized spacial score (nSPS) is 18.8. The molecule has 1 aliphatic heterocycles. The topological polar surface area (TPSA) is 38.7 Å². The zero-order chi connectivity index (χ0) is 13.0. The molecular weight excluding hydrogens is 242 g/mol. The fourth-order valence-corrected chi connectivity index (χ4v) is 1.93. The van der Waals surface area contributed by atoms with Crippen molar-refractivity contribution in [3.05, 3.63) is 35.4 Å². The van der Waals surface area contributed by atoms with Crippen LogP contribution in [0.15, 0.2) is 18.2 Å². The maximum absolute atomic E-state index is 13.0. The lowest BCUT2D eigenvalue weighted by molar-refractivity contribution is -0.183. The van der Waals surface area contributed by atoms with E-state index in [0.29, 0.717) is 26.1 Å². The van der Waals surface area contributed by atoms with Gasteiger partial charge in [0.2, 0.25) is 0 Å². The highest BCUT2D eigenvalue weighted by atomic mass is 19.1. The summed E-state index contributed by atoms with van der Waals surface area (Å²) in [5.74, 6) is -1.37. The maximum Gasteiger partial charge on any atom is 0.157 e. The molecule has 100 valence electrons. The molecular formula is C13H16F2O3. The molecule has 3 nitrogen and oxygen atoms in total. The molecule has 0 spiro atoms. The third-order valence-electron chi connectivity index (χ3n) is 2.84. The summed E-state index contributed by atoms with van der Waals surface area (Å²) in [6.45, 7) is 1.30. The van der Waals surface area contributed by atoms with Gasteiger partial charge < -0.3 is 14.6 Å². The van der Waals surface area contributed by atoms with Gasteiger partial charge in [-0.3, -0.25) is 0 Å². The van der Waals surface area contributed by atoms with Crippen molar-refractivity contribution < 1.29 is 23.4 Å². The molecule has 1 fully saturated rings. The quantitative estimate of drug-likeness (QED) is 0.902. The Kier molecular flexibility index (Phi) is 4.63. The van der Waals surface area contributed by atoms with E-state index in [-0.39, 0.29) is 11.9 Å². The summed E-state index contributed by atoms with van der Waals surface area (Å²) < 4.78 is 36.6. The van der Waals surface area contributed by atoms with E-state index in [2.05, 4.69) is 0 Å². The average molecular weight is 258 g/mol. The predicted octanol–water partition coefficient (Wildman–Crippen LogP) is 2.54. The Labute approximate surface area is 104 Å². The lowest BCUT2D eigenvalue weighted by Crippen LogP contribution is -2.25. The van der Waals surface area contributed by atoms with Crippen LogP contribution >= 0.6 is 0 Å². The number of benzene rings is 1. The van der Waals surface area contributed by atoms with Gasteiger partial charge in [0.1, 0.15) is 11.6 Å². The molecule has 1 aromatic rings. The van der Waals surface area contributed by atoms with Crippen LogP contribution in [0.2, 0.25) is 0 Å². The molecule has 1 saturated heterocycles. The Morgan fingerprint density at radius 3 is 2.39 bits per heavy atom. The molecule has 5 heteroatoms. The smallest absolute Gasteiger partial charge is 0.157 e. The molecule has 1 aliphatic rings. The van der Waals surface area contributed by atoms with Crippen LogP contribution in [0.25, 0.3) is 0 Å². The molecule has 0 radical (unpaired) electrons. The van der Waals surface area contributed by atoms with Crippen LogP contribution < -0.4 is 0 Å². The van der Waals surface area contributed by atoms with E-state index in [9.17, 15) is 13.9 Å². The lowest BCUT2D eigenvalue weighted by atomic mass is 10.0. The average Bonchev–Trinajstić information content (AvgIpc) is 2.36. The predicted molar refractivity (Wildman–Crippen MR) is 60.9 cm³/mol. The van der Waals surface area contributed by atoms with Crippen molar-refractivity contribution in [3.8, 4) is 0 Å². The van der Waals surface area contributed by atoms with Gasteiger partial charge >= 0.3 is 0 Å². The summed E-state index contributed by atoms with van der Waals surface area (Å²) in [6.07, 6.45) is 0.470. The SMILES string of the molecule is OC(CCC1OCCCO1)c1cc(F)cc(F)c1. The van der Waals surface area contributed by atoms with E-state index < -0.39 is 17.7 Å². The first kappa shape index (κ1) is 13.4. The summed E-state index contributed by atoms with van der Waals surface area (Å²) in [5.41, 5.74) is 0.239. The molecule has 1 aromatic carbocycles. The third-order valence-corrected chi connectivity index (χ3v) is 2.84. The van der Waals surface area contributed by atoms with Crippen LogP contribution in [-0.2, 0) is 9.47 Å². The Bertz CT molecular complexity index is 372. The van der Waals surface area contributed by atoms with E-state index >= 15 is 0 Å². The van der Waals surface area contributed by atoms with Crippen molar-refractivity contribution in [2.45, 2.75) is 31.7 Å². The van der Waals surface area contributed by atoms with Gasteiger partial charge in [-0.1, -0.05) is 0 Å². The molecule has 0 bridgehead atoms. The van der Waals surface area contributed by atoms with Gasteiger partial charge in [0, 0.05) is 12.5 Å². The molecule has 1 heterocycles. The Balaban J connectivity index is 1.88. The van der Waals surface area contributed by atoms with Crippen LogP contribution in [0.1, 0.15) is 30.9 Å². The molecule has 0 aromatic heterocycles. The van der Waals surface area contributed by atoms with E-state index in [4.69, 9.17) is 9.47 Å². The Hall–Kier alpha value is -1.04. The highest BCUT2D eigenvalue weighted by molar-refractivity contribution is 5.20. The summed E-state index contributed by atoms with van der Waals surface area (Å²) in [6, 6.07) is 3.05. The number of rotatable bonds is 4. The molecule has 1 unspecified atom stereocenters. The fraction of sp³-hybridized carbons (Fsp3) is 0.538. The van der Waals surface area contributed by atoms with Crippen LogP contribution in [0.5, 0.6) is 0 Å². The second kappa shape index (κ2) is 6.22. The molecule has 2 rings (SSSR count). The standard InChI is InChI=1S/C13H16F2O3/c14-10-6-9(7-11(15)8-10)12(16)2-3-13-17-4-1-5-18-13/h6-8,12-13,16H,1-5H2. The summed E-state index contributed by atoms with van der Waals surface area (Å²) in [5, 5.41) is 9.86. The molecule has 0 amide bonds. The van der Waals surface area contributed by atoms with Crippen LogP contribution in [0, 0.1) is 11.6 Å². The van der Waals surface area contributed by atoms with Gasteiger partial charge in [-0.2, -0.15) is 0 Å². The minimum absolute atomic E-state index is 0.239. The minimum Gasteiger partial charge on any atom is -0.388 e. The second-order valence-electron chi connectivity index (χ2n) is 4.32. The highest BCUT2D eigenvalue weighted by Crippen LogP contribution is 2.23. The monoisotopic (exact) mass is 258 g/mol. The van der Waals surface area contributed by atoms with Gasteiger partial charge in [0.25, 0.3) is 0 Å². The summed E-state index contributed by atoms with van der Waals surface area (Å²) in [7, 11) is 0. The van der Waals surface area contributed by atoms with Crippen LogP contribution in [-0.4, -0.2) is 24.6 Å². The van der Waals surface area contributed by atoms with E-state index in [1.54, 1.807) is 0 Å². The van der Waals surface area contributed by atoms with Crippen LogP contribution in [0.3, 0.4) is 0 Å². The van der Waals surface area contributed by atoms with Crippen molar-refractivity contribution in [2.24, 2.45) is 0 Å². The lowest BCUT2D eigenvalue weighted by Gasteiger charge is -2.24. The fourth-order valence-electron chi connectivity index (χ4n) is 1.93. The summed E-state index contributed by atoms with van der Waals surface area (Å²) in [4.78, 5) is 0. The van der Waals surface area contributed by atoms with Gasteiger partial charge in [0.15, 0.2) is 6.29 Å². The maximum atomic E-state index is 13.0. The van der Waals surface area contributed by atoms with Gasteiger partial charge in [-0.25, -0.2) is 8.78 Å². The number of aliphatic hydroxyl groups is 1. The molecule has 0 saturated carbocycles. The highest BCUT2D eigenvalue weighted by Gasteiger charge is 2.17. The van der Waals surface area contributed by atoms with Gasteiger partial charge in [-0.15, -0.1) is 0 Å². The van der Waals surface area contributed by atoms with E-state index in [1.807, 2.05) is 0 Å². The number of aliphatic hydroxyl groups excluding tert-OH is 1. The third kappa shape index (κ3) is 3.73. The number of hydrogen-bond acceptors (Lipinski definition) is 3. The minimum atomic E-state index is -0.913. The van der Waals surface area contributed by atoms with Gasteiger partial charge in [-0.05, 0) is 30.5 Å². The molecule has 1 N–H and O–H groups in total. The van der Waals surface area contributed by atoms with E-state index in [1.165, 1.54) is 0 Å². The van der Waals surface area contributed by atoms with E-state index in [0.717, 1.165) is 24.6 Å². The first-order valence-electron chi connectivity index (χ1n) is 6.02. The van der Waals surface area contributed by atoms with Crippen molar-refractivity contribution in [1.29, 1.82) is 0 Å². The number of halogens is 2.